The quantitative estimate of drug-likeness (QED) is 0.838. The summed E-state index contributed by atoms with van der Waals surface area (Å²) in [5.41, 5.74) is 2.37. The summed E-state index contributed by atoms with van der Waals surface area (Å²) in [5.74, 6) is 0.917. The van der Waals surface area contributed by atoms with Gasteiger partial charge >= 0.3 is 0 Å². The van der Waals surface area contributed by atoms with E-state index < -0.39 is 0 Å². The number of anilines is 1. The lowest BCUT2D eigenvalue weighted by atomic mass is 10.0. The molecule has 0 bridgehead atoms. The predicted octanol–water partition coefficient (Wildman–Crippen LogP) is 2.33. The van der Waals surface area contributed by atoms with Crippen LogP contribution in [0.15, 0.2) is 18.2 Å². The van der Waals surface area contributed by atoms with Crippen LogP contribution in [0.25, 0.3) is 0 Å². The van der Waals surface area contributed by atoms with Gasteiger partial charge in [0, 0.05) is 30.4 Å². The van der Waals surface area contributed by atoms with Crippen molar-refractivity contribution in [2.24, 2.45) is 0 Å². The molecule has 0 spiro atoms. The van der Waals surface area contributed by atoms with Crippen molar-refractivity contribution >= 4 is 5.69 Å². The summed E-state index contributed by atoms with van der Waals surface area (Å²) in [4.78, 5) is 2.26. The molecule has 4 nitrogen and oxygen atoms in total. The molecule has 2 unspecified atom stereocenters. The Kier molecular flexibility index (Phi) is 5.26. The third kappa shape index (κ3) is 3.25. The fraction of sp³-hybridized carbons (Fsp3) is 0.625. The van der Waals surface area contributed by atoms with Crippen molar-refractivity contribution in [3.05, 3.63) is 23.8 Å². The van der Waals surface area contributed by atoms with E-state index in [1.54, 1.807) is 7.11 Å². The van der Waals surface area contributed by atoms with Gasteiger partial charge in [0.25, 0.3) is 0 Å². The Hall–Kier alpha value is -1.26. The third-order valence-corrected chi connectivity index (χ3v) is 3.90. The topological polar surface area (TPSA) is 44.7 Å². The average Bonchev–Trinajstić information content (AvgIpc) is 2.90. The Bertz CT molecular complexity index is 436. The summed E-state index contributed by atoms with van der Waals surface area (Å²) in [7, 11) is 1.72. The number of nitrogens with one attached hydrogen (secondary N) is 1. The number of aliphatic hydroxyl groups is 1. The van der Waals surface area contributed by atoms with Crippen molar-refractivity contribution in [2.75, 3.05) is 31.6 Å². The van der Waals surface area contributed by atoms with Gasteiger partial charge in [-0.15, -0.1) is 0 Å². The molecule has 1 aromatic rings. The minimum absolute atomic E-state index is 0.215. The summed E-state index contributed by atoms with van der Waals surface area (Å²) in [6.45, 7) is 6.94. The number of hydrogen-bond donors (Lipinski definition) is 2. The first-order valence-electron chi connectivity index (χ1n) is 7.50. The molecule has 2 N–H and O–H groups in total. The Labute approximate surface area is 121 Å². The molecule has 0 amide bonds. The van der Waals surface area contributed by atoms with Gasteiger partial charge in [0.05, 0.1) is 13.2 Å². The molecular formula is C16H26N2O2. The van der Waals surface area contributed by atoms with Crippen LogP contribution in [0, 0.1) is 0 Å². The normalized spacial score (nSPS) is 20.2. The first-order chi connectivity index (χ1) is 9.67. The van der Waals surface area contributed by atoms with E-state index in [1.165, 1.54) is 11.3 Å². The first-order valence-corrected chi connectivity index (χ1v) is 7.50. The maximum absolute atomic E-state index is 9.77. The number of methoxy groups -OCH3 is 1. The molecule has 112 valence electrons. The van der Waals surface area contributed by atoms with E-state index in [-0.39, 0.29) is 12.1 Å². The van der Waals surface area contributed by atoms with E-state index in [4.69, 9.17) is 4.74 Å². The van der Waals surface area contributed by atoms with Gasteiger partial charge in [0.2, 0.25) is 0 Å². The third-order valence-electron chi connectivity index (χ3n) is 3.90. The summed E-state index contributed by atoms with van der Waals surface area (Å²) in [5, 5.41) is 13.3. The molecule has 1 fully saturated rings. The van der Waals surface area contributed by atoms with Crippen LogP contribution in [-0.2, 0) is 0 Å². The number of benzene rings is 1. The van der Waals surface area contributed by atoms with Crippen molar-refractivity contribution in [3.63, 3.8) is 0 Å². The molecule has 1 aliphatic rings. The van der Waals surface area contributed by atoms with Gasteiger partial charge in [0.1, 0.15) is 5.75 Å². The standard InChI is InChI=1S/C16H26N2O2/c1-4-9-17-12(2)16-14(6-5-7-15(16)20-3)18-10-8-13(19)11-18/h5-7,12-13,17,19H,4,8-11H2,1-3H3. The Morgan fingerprint density at radius 1 is 1.50 bits per heavy atom. The van der Waals surface area contributed by atoms with Gasteiger partial charge in [-0.3, -0.25) is 0 Å². The zero-order valence-corrected chi connectivity index (χ0v) is 12.7. The van der Waals surface area contributed by atoms with Crippen molar-refractivity contribution in [1.29, 1.82) is 0 Å². The zero-order chi connectivity index (χ0) is 14.5. The molecule has 1 aromatic carbocycles. The summed E-state index contributed by atoms with van der Waals surface area (Å²) in [6, 6.07) is 6.39. The van der Waals surface area contributed by atoms with Crippen LogP contribution in [0.4, 0.5) is 5.69 Å². The Balaban J connectivity index is 2.30. The highest BCUT2D eigenvalue weighted by Crippen LogP contribution is 2.36. The Morgan fingerprint density at radius 2 is 2.30 bits per heavy atom. The van der Waals surface area contributed by atoms with Crippen molar-refractivity contribution < 1.29 is 9.84 Å². The molecular weight excluding hydrogens is 252 g/mol. The highest BCUT2D eigenvalue weighted by atomic mass is 16.5. The van der Waals surface area contributed by atoms with Crippen LogP contribution < -0.4 is 15.0 Å². The van der Waals surface area contributed by atoms with Gasteiger partial charge in [-0.2, -0.15) is 0 Å². The lowest BCUT2D eigenvalue weighted by Gasteiger charge is -2.26. The van der Waals surface area contributed by atoms with Crippen molar-refractivity contribution in [2.45, 2.75) is 38.8 Å². The van der Waals surface area contributed by atoms with Crippen molar-refractivity contribution in [3.8, 4) is 5.75 Å². The summed E-state index contributed by atoms with van der Waals surface area (Å²) < 4.78 is 5.54. The second-order valence-electron chi connectivity index (χ2n) is 5.46. The van der Waals surface area contributed by atoms with Crippen molar-refractivity contribution in [1.82, 2.24) is 5.32 Å². The van der Waals surface area contributed by atoms with Crippen LogP contribution in [0.3, 0.4) is 0 Å². The molecule has 0 radical (unpaired) electrons. The molecule has 2 rings (SSSR count). The Morgan fingerprint density at radius 3 is 2.90 bits per heavy atom. The van der Waals surface area contributed by atoms with Gasteiger partial charge in [-0.1, -0.05) is 13.0 Å². The van der Waals surface area contributed by atoms with E-state index in [0.717, 1.165) is 31.7 Å². The molecule has 0 aromatic heterocycles. The maximum atomic E-state index is 9.77. The first kappa shape index (κ1) is 15.1. The molecule has 2 atom stereocenters. The van der Waals surface area contributed by atoms with E-state index in [2.05, 4.69) is 30.1 Å². The highest BCUT2D eigenvalue weighted by Gasteiger charge is 2.25. The number of ether oxygens (including phenoxy) is 1. The fourth-order valence-electron chi connectivity index (χ4n) is 2.84. The molecule has 0 saturated carbocycles. The molecule has 1 aliphatic heterocycles. The van der Waals surface area contributed by atoms with Crippen LogP contribution in [-0.4, -0.2) is 38.0 Å². The summed E-state index contributed by atoms with van der Waals surface area (Å²) >= 11 is 0. The van der Waals surface area contributed by atoms with Crippen LogP contribution in [0.5, 0.6) is 5.75 Å². The number of hydrogen-bond acceptors (Lipinski definition) is 4. The van der Waals surface area contributed by atoms with E-state index in [1.807, 2.05) is 12.1 Å². The minimum Gasteiger partial charge on any atom is -0.496 e. The molecule has 20 heavy (non-hydrogen) atoms. The second-order valence-corrected chi connectivity index (χ2v) is 5.46. The lowest BCUT2D eigenvalue weighted by Crippen LogP contribution is -2.26. The van der Waals surface area contributed by atoms with E-state index in [0.29, 0.717) is 6.54 Å². The molecule has 0 aliphatic carbocycles. The van der Waals surface area contributed by atoms with Gasteiger partial charge in [0.15, 0.2) is 0 Å². The average molecular weight is 278 g/mol. The minimum atomic E-state index is -0.215. The number of aliphatic hydroxyl groups excluding tert-OH is 1. The van der Waals surface area contributed by atoms with E-state index >= 15 is 0 Å². The van der Waals surface area contributed by atoms with Crippen LogP contribution in [0.1, 0.15) is 38.3 Å². The summed E-state index contributed by atoms with van der Waals surface area (Å²) in [6.07, 6.45) is 1.73. The fourth-order valence-corrected chi connectivity index (χ4v) is 2.84. The predicted molar refractivity (Wildman–Crippen MR) is 82.5 cm³/mol. The maximum Gasteiger partial charge on any atom is 0.125 e. The largest absolute Gasteiger partial charge is 0.496 e. The molecule has 1 saturated heterocycles. The number of rotatable bonds is 6. The smallest absolute Gasteiger partial charge is 0.125 e. The van der Waals surface area contributed by atoms with Gasteiger partial charge < -0.3 is 20.1 Å². The SMILES string of the molecule is CCCNC(C)c1c(OC)cccc1N1CCC(O)C1. The van der Waals surface area contributed by atoms with Crippen LogP contribution in [0.2, 0.25) is 0 Å². The van der Waals surface area contributed by atoms with E-state index in [9.17, 15) is 5.11 Å². The number of nitrogens with zero attached hydrogens (tertiary/aromatic N) is 1. The van der Waals surface area contributed by atoms with Gasteiger partial charge in [-0.05, 0) is 38.4 Å². The number of β-amino-alcohol motifs (C(OH)–C–C–N with tert-alkyl or cyclic N) is 1. The molecule has 1 heterocycles. The lowest BCUT2D eigenvalue weighted by molar-refractivity contribution is 0.198. The second kappa shape index (κ2) is 6.95. The van der Waals surface area contributed by atoms with Crippen LogP contribution >= 0.6 is 0 Å². The highest BCUT2D eigenvalue weighted by molar-refractivity contribution is 5.61. The molecule has 4 heteroatoms. The monoisotopic (exact) mass is 278 g/mol. The zero-order valence-electron chi connectivity index (χ0n) is 12.7. The van der Waals surface area contributed by atoms with Gasteiger partial charge in [-0.25, -0.2) is 0 Å².